The molecule has 0 aromatic heterocycles. The van der Waals surface area contributed by atoms with Gasteiger partial charge in [-0.2, -0.15) is 0 Å². The number of carbonyl (C=O) groups is 2. The van der Waals surface area contributed by atoms with Crippen LogP contribution in [0.3, 0.4) is 0 Å². The van der Waals surface area contributed by atoms with E-state index >= 15 is 0 Å². The number of amides is 2. The van der Waals surface area contributed by atoms with Gasteiger partial charge >= 0.3 is 0 Å². The summed E-state index contributed by atoms with van der Waals surface area (Å²) in [6.07, 6.45) is 4.31. The fraction of sp³-hybridized carbons (Fsp3) is 0.636. The van der Waals surface area contributed by atoms with Crippen LogP contribution in [0.5, 0.6) is 11.5 Å². The lowest BCUT2D eigenvalue weighted by molar-refractivity contribution is -0.136. The van der Waals surface area contributed by atoms with Crippen LogP contribution in [0.25, 0.3) is 0 Å². The maximum absolute atomic E-state index is 12.7. The van der Waals surface area contributed by atoms with Gasteiger partial charge in [0.15, 0.2) is 11.5 Å². The van der Waals surface area contributed by atoms with Crippen LogP contribution in [-0.4, -0.2) is 67.6 Å². The lowest BCUT2D eigenvalue weighted by atomic mass is 10.00. The van der Waals surface area contributed by atoms with Crippen LogP contribution in [0.1, 0.15) is 46.5 Å². The van der Waals surface area contributed by atoms with Crippen LogP contribution < -0.4 is 14.8 Å². The van der Waals surface area contributed by atoms with Gasteiger partial charge in [-0.3, -0.25) is 14.5 Å². The molecule has 0 saturated carbocycles. The first kappa shape index (κ1) is 23.0. The Labute approximate surface area is 174 Å². The van der Waals surface area contributed by atoms with Crippen LogP contribution >= 0.6 is 0 Å². The summed E-state index contributed by atoms with van der Waals surface area (Å²) in [6.45, 7) is 8.21. The monoisotopic (exact) mass is 405 g/mol. The van der Waals surface area contributed by atoms with E-state index in [0.717, 1.165) is 25.8 Å². The smallest absolute Gasteiger partial charge is 0.238 e. The molecule has 1 aromatic carbocycles. The Bertz CT molecular complexity index is 680. The molecular weight excluding hydrogens is 370 g/mol. The quantitative estimate of drug-likeness (QED) is 0.648. The molecule has 0 bridgehead atoms. The molecule has 7 heteroatoms. The second-order valence-electron chi connectivity index (χ2n) is 7.39. The Morgan fingerprint density at radius 1 is 1.10 bits per heavy atom. The van der Waals surface area contributed by atoms with E-state index in [1.165, 1.54) is 6.42 Å². The third-order valence-electron chi connectivity index (χ3n) is 5.06. The van der Waals surface area contributed by atoms with Gasteiger partial charge < -0.3 is 19.7 Å². The molecular formula is C22H35N3O4. The van der Waals surface area contributed by atoms with E-state index in [2.05, 4.69) is 12.2 Å². The number of benzene rings is 1. The summed E-state index contributed by atoms with van der Waals surface area (Å²) >= 11 is 0. The van der Waals surface area contributed by atoms with Crippen molar-refractivity contribution in [2.45, 2.75) is 52.5 Å². The second kappa shape index (κ2) is 11.7. The van der Waals surface area contributed by atoms with Crippen LogP contribution in [0.4, 0.5) is 5.69 Å². The zero-order chi connectivity index (χ0) is 21.2. The number of likely N-dealkylation sites (N-methyl/N-ethyl adjacent to an activating group) is 1. The minimum atomic E-state index is -0.169. The molecule has 7 nitrogen and oxygen atoms in total. The third kappa shape index (κ3) is 6.92. The summed E-state index contributed by atoms with van der Waals surface area (Å²) < 4.78 is 11.1. The number of hydrogen-bond donors (Lipinski definition) is 1. The van der Waals surface area contributed by atoms with E-state index in [-0.39, 0.29) is 24.9 Å². The van der Waals surface area contributed by atoms with Crippen LogP contribution in [-0.2, 0) is 9.59 Å². The van der Waals surface area contributed by atoms with E-state index in [1.807, 2.05) is 18.7 Å². The minimum absolute atomic E-state index is 0.103. The predicted molar refractivity (Wildman–Crippen MR) is 115 cm³/mol. The standard InChI is InChI=1S/C22H35N3O4/c1-5-18-10-8-9-13-25(18)22(27)16-24(4)15-21(26)23-17-11-12-19(28-6-2)20(14-17)29-7-3/h11-12,14,18H,5-10,13,15-16H2,1-4H3,(H,23,26)/t18-/m1/s1. The Balaban J connectivity index is 1.89. The van der Waals surface area contributed by atoms with Gasteiger partial charge in [0.1, 0.15) is 0 Å². The minimum Gasteiger partial charge on any atom is -0.490 e. The largest absolute Gasteiger partial charge is 0.490 e. The molecule has 2 amide bonds. The molecule has 1 atom stereocenters. The van der Waals surface area contributed by atoms with Crippen LogP contribution in [0.15, 0.2) is 18.2 Å². The van der Waals surface area contributed by atoms with E-state index < -0.39 is 0 Å². The van der Waals surface area contributed by atoms with E-state index in [9.17, 15) is 9.59 Å². The van der Waals surface area contributed by atoms with Crippen molar-refractivity contribution in [1.82, 2.24) is 9.80 Å². The van der Waals surface area contributed by atoms with Gasteiger partial charge in [-0.1, -0.05) is 6.92 Å². The molecule has 29 heavy (non-hydrogen) atoms. The molecule has 1 heterocycles. The Morgan fingerprint density at radius 3 is 2.52 bits per heavy atom. The zero-order valence-corrected chi connectivity index (χ0v) is 18.2. The first-order valence-electron chi connectivity index (χ1n) is 10.7. The van der Waals surface area contributed by atoms with Gasteiger partial charge in [-0.25, -0.2) is 0 Å². The summed E-state index contributed by atoms with van der Waals surface area (Å²) in [5.41, 5.74) is 0.642. The van der Waals surface area contributed by atoms with Gasteiger partial charge in [0.2, 0.25) is 11.8 Å². The van der Waals surface area contributed by atoms with Crippen LogP contribution in [0.2, 0.25) is 0 Å². The number of hydrogen-bond acceptors (Lipinski definition) is 5. The number of rotatable bonds is 10. The highest BCUT2D eigenvalue weighted by Crippen LogP contribution is 2.30. The molecule has 1 aliphatic heterocycles. The molecule has 1 saturated heterocycles. The maximum atomic E-state index is 12.7. The van der Waals surface area contributed by atoms with Crippen LogP contribution in [0, 0.1) is 0 Å². The van der Waals surface area contributed by atoms with Crippen molar-refractivity contribution in [2.24, 2.45) is 0 Å². The molecule has 0 radical (unpaired) electrons. The Kier molecular flexibility index (Phi) is 9.25. The first-order chi connectivity index (χ1) is 14.0. The maximum Gasteiger partial charge on any atom is 0.238 e. The summed E-state index contributed by atoms with van der Waals surface area (Å²) in [5, 5.41) is 2.87. The highest BCUT2D eigenvalue weighted by atomic mass is 16.5. The van der Waals surface area contributed by atoms with Gasteiger partial charge in [-0.05, 0) is 58.7 Å². The normalized spacial score (nSPS) is 16.6. The van der Waals surface area contributed by atoms with Crippen molar-refractivity contribution >= 4 is 17.5 Å². The van der Waals surface area contributed by atoms with Gasteiger partial charge in [-0.15, -0.1) is 0 Å². The topological polar surface area (TPSA) is 71.1 Å². The lowest BCUT2D eigenvalue weighted by Gasteiger charge is -2.36. The summed E-state index contributed by atoms with van der Waals surface area (Å²) in [6, 6.07) is 5.67. The van der Waals surface area contributed by atoms with E-state index in [4.69, 9.17) is 9.47 Å². The summed E-state index contributed by atoms with van der Waals surface area (Å²) in [5.74, 6) is 1.19. The Hall–Kier alpha value is -2.28. The molecule has 0 spiro atoms. The number of piperidine rings is 1. The fourth-order valence-electron chi connectivity index (χ4n) is 3.71. The third-order valence-corrected chi connectivity index (χ3v) is 5.06. The number of nitrogens with zero attached hydrogens (tertiary/aromatic N) is 2. The van der Waals surface area contributed by atoms with Crippen molar-refractivity contribution in [1.29, 1.82) is 0 Å². The number of nitrogens with one attached hydrogen (secondary N) is 1. The summed E-state index contributed by atoms with van der Waals surface area (Å²) in [4.78, 5) is 28.8. The fourth-order valence-corrected chi connectivity index (χ4v) is 3.71. The SMILES string of the molecule is CCOc1ccc(NC(=O)CN(C)CC(=O)N2CCCC[C@H]2CC)cc1OCC. The van der Waals surface area contributed by atoms with Crippen molar-refractivity contribution in [3.05, 3.63) is 18.2 Å². The van der Waals surface area contributed by atoms with Gasteiger partial charge in [0.05, 0.1) is 26.3 Å². The number of anilines is 1. The van der Waals surface area contributed by atoms with Crippen molar-refractivity contribution in [3.8, 4) is 11.5 Å². The summed E-state index contributed by atoms with van der Waals surface area (Å²) in [7, 11) is 1.80. The molecule has 0 unspecified atom stereocenters. The molecule has 1 fully saturated rings. The Morgan fingerprint density at radius 2 is 1.83 bits per heavy atom. The van der Waals surface area contributed by atoms with E-state index in [1.54, 1.807) is 30.1 Å². The molecule has 162 valence electrons. The van der Waals surface area contributed by atoms with Crippen molar-refractivity contribution < 1.29 is 19.1 Å². The van der Waals surface area contributed by atoms with Gasteiger partial charge in [0.25, 0.3) is 0 Å². The number of ether oxygens (including phenoxy) is 2. The molecule has 1 aliphatic rings. The lowest BCUT2D eigenvalue weighted by Crippen LogP contribution is -2.48. The number of likely N-dealkylation sites (tertiary alicyclic amines) is 1. The average molecular weight is 406 g/mol. The number of carbonyl (C=O) groups excluding carboxylic acids is 2. The average Bonchev–Trinajstić information content (AvgIpc) is 2.70. The van der Waals surface area contributed by atoms with Gasteiger partial charge in [0, 0.05) is 24.3 Å². The van der Waals surface area contributed by atoms with Crippen molar-refractivity contribution in [3.63, 3.8) is 0 Å². The molecule has 0 aliphatic carbocycles. The van der Waals surface area contributed by atoms with E-state index in [0.29, 0.717) is 36.4 Å². The van der Waals surface area contributed by atoms with Crippen molar-refractivity contribution in [2.75, 3.05) is 45.2 Å². The highest BCUT2D eigenvalue weighted by molar-refractivity contribution is 5.93. The zero-order valence-electron chi connectivity index (χ0n) is 18.2. The first-order valence-corrected chi connectivity index (χ1v) is 10.7. The highest BCUT2D eigenvalue weighted by Gasteiger charge is 2.26. The second-order valence-corrected chi connectivity index (χ2v) is 7.39. The molecule has 1 aromatic rings. The predicted octanol–water partition coefficient (Wildman–Crippen LogP) is 3.15. The molecule has 2 rings (SSSR count). The molecule has 1 N–H and O–H groups in total.